The number of hydrogen-bond donors (Lipinski definition) is 0. The van der Waals surface area contributed by atoms with Gasteiger partial charge in [0, 0.05) is 11.4 Å². The van der Waals surface area contributed by atoms with E-state index in [4.69, 9.17) is 4.99 Å². The van der Waals surface area contributed by atoms with E-state index in [1.807, 2.05) is 0 Å². The molecule has 0 radical (unpaired) electrons. The first kappa shape index (κ1) is 15.4. The van der Waals surface area contributed by atoms with Crippen molar-refractivity contribution in [3.05, 3.63) is 69.3 Å². The smallest absolute Gasteiger partial charge is 0.190 e. The van der Waals surface area contributed by atoms with Gasteiger partial charge in [-0.15, -0.1) is 11.3 Å². The SMILES string of the molecule is Cc1ccc(-c2csc(=Nc3ccc(C)c(C)c3)n2C2CC2)cc1. The van der Waals surface area contributed by atoms with Crippen molar-refractivity contribution in [3.8, 4) is 11.3 Å². The molecule has 1 fully saturated rings. The lowest BCUT2D eigenvalue weighted by Gasteiger charge is -2.08. The minimum absolute atomic E-state index is 0.609. The van der Waals surface area contributed by atoms with E-state index < -0.39 is 0 Å². The van der Waals surface area contributed by atoms with Crippen molar-refractivity contribution in [1.29, 1.82) is 0 Å². The first-order valence-electron chi connectivity index (χ1n) is 8.51. The van der Waals surface area contributed by atoms with Crippen molar-refractivity contribution in [3.63, 3.8) is 0 Å². The van der Waals surface area contributed by atoms with Gasteiger partial charge in [0.25, 0.3) is 0 Å². The van der Waals surface area contributed by atoms with Crippen molar-refractivity contribution >= 4 is 17.0 Å². The molecule has 0 N–H and O–H groups in total. The van der Waals surface area contributed by atoms with E-state index >= 15 is 0 Å². The van der Waals surface area contributed by atoms with Crippen LogP contribution in [0.2, 0.25) is 0 Å². The van der Waals surface area contributed by atoms with Crippen LogP contribution < -0.4 is 4.80 Å². The Hall–Kier alpha value is -2.13. The number of aromatic nitrogens is 1. The fourth-order valence-corrected chi connectivity index (χ4v) is 3.91. The number of aryl methyl sites for hydroxylation is 3. The van der Waals surface area contributed by atoms with Crippen molar-refractivity contribution in [2.24, 2.45) is 4.99 Å². The second-order valence-corrected chi connectivity index (χ2v) is 7.59. The van der Waals surface area contributed by atoms with Crippen LogP contribution in [-0.2, 0) is 0 Å². The van der Waals surface area contributed by atoms with Crippen LogP contribution in [-0.4, -0.2) is 4.57 Å². The Morgan fingerprint density at radius 1 is 0.958 bits per heavy atom. The second-order valence-electron chi connectivity index (χ2n) is 6.75. The van der Waals surface area contributed by atoms with Crippen molar-refractivity contribution < 1.29 is 0 Å². The number of hydrogen-bond acceptors (Lipinski definition) is 2. The largest absolute Gasteiger partial charge is 0.313 e. The Bertz CT molecular complexity index is 941. The summed E-state index contributed by atoms with van der Waals surface area (Å²) in [6, 6.07) is 15.9. The van der Waals surface area contributed by atoms with E-state index in [0.29, 0.717) is 6.04 Å². The molecule has 4 rings (SSSR count). The van der Waals surface area contributed by atoms with Gasteiger partial charge in [0.1, 0.15) is 0 Å². The normalized spacial score (nSPS) is 15.0. The van der Waals surface area contributed by atoms with Crippen LogP contribution in [0.5, 0.6) is 0 Å². The van der Waals surface area contributed by atoms with Crippen molar-refractivity contribution in [1.82, 2.24) is 4.57 Å². The highest BCUT2D eigenvalue weighted by Gasteiger charge is 2.27. The lowest BCUT2D eigenvalue weighted by Crippen LogP contribution is -2.14. The average molecular weight is 334 g/mol. The maximum Gasteiger partial charge on any atom is 0.190 e. The molecule has 2 aromatic carbocycles. The second kappa shape index (κ2) is 6.06. The molecule has 0 amide bonds. The van der Waals surface area contributed by atoms with Crippen molar-refractivity contribution in [2.75, 3.05) is 0 Å². The first-order chi connectivity index (χ1) is 11.6. The predicted octanol–water partition coefficient (Wildman–Crippen LogP) is 5.71. The molecule has 0 spiro atoms. The summed E-state index contributed by atoms with van der Waals surface area (Å²) in [4.78, 5) is 6.06. The molecule has 0 unspecified atom stereocenters. The maximum absolute atomic E-state index is 4.95. The standard InChI is InChI=1S/C21H22N2S/c1-14-4-7-17(8-5-14)20-13-24-21(23(20)19-10-11-19)22-18-9-6-15(2)16(3)12-18/h4-9,12-13,19H,10-11H2,1-3H3. The van der Waals surface area contributed by atoms with Gasteiger partial charge < -0.3 is 4.57 Å². The van der Waals surface area contributed by atoms with E-state index in [1.165, 1.54) is 40.8 Å². The van der Waals surface area contributed by atoms with E-state index in [2.05, 4.69) is 73.2 Å². The quantitative estimate of drug-likeness (QED) is 0.584. The Morgan fingerprint density at radius 3 is 2.38 bits per heavy atom. The van der Waals surface area contributed by atoms with Crippen LogP contribution in [0.3, 0.4) is 0 Å². The molecular formula is C21H22N2S. The highest BCUT2D eigenvalue weighted by molar-refractivity contribution is 7.07. The van der Waals surface area contributed by atoms with Gasteiger partial charge in [-0.3, -0.25) is 0 Å². The van der Waals surface area contributed by atoms with Gasteiger partial charge >= 0.3 is 0 Å². The lowest BCUT2D eigenvalue weighted by atomic mass is 10.1. The number of benzene rings is 2. The summed E-state index contributed by atoms with van der Waals surface area (Å²) in [5.74, 6) is 0. The van der Waals surface area contributed by atoms with Crippen LogP contribution >= 0.6 is 11.3 Å². The Kier molecular flexibility index (Phi) is 3.89. The van der Waals surface area contributed by atoms with Gasteiger partial charge in [0.05, 0.1) is 11.4 Å². The summed E-state index contributed by atoms with van der Waals surface area (Å²) in [5, 5.41) is 2.25. The van der Waals surface area contributed by atoms with Gasteiger partial charge in [-0.2, -0.15) is 0 Å². The average Bonchev–Trinajstić information content (AvgIpc) is 3.33. The number of rotatable bonds is 3. The zero-order valence-electron chi connectivity index (χ0n) is 14.4. The molecular weight excluding hydrogens is 312 g/mol. The topological polar surface area (TPSA) is 17.3 Å². The minimum atomic E-state index is 0.609. The highest BCUT2D eigenvalue weighted by Crippen LogP contribution is 2.38. The monoisotopic (exact) mass is 334 g/mol. The van der Waals surface area contributed by atoms with Crippen LogP contribution in [0.25, 0.3) is 11.3 Å². The molecule has 2 nitrogen and oxygen atoms in total. The summed E-state index contributed by atoms with van der Waals surface area (Å²) in [6.45, 7) is 6.42. The summed E-state index contributed by atoms with van der Waals surface area (Å²) in [5.41, 5.74) is 7.53. The summed E-state index contributed by atoms with van der Waals surface area (Å²) >= 11 is 1.74. The van der Waals surface area contributed by atoms with Gasteiger partial charge in [-0.1, -0.05) is 35.9 Å². The number of thiazole rings is 1. The Balaban J connectivity index is 1.83. The zero-order chi connectivity index (χ0) is 16.7. The van der Waals surface area contributed by atoms with Crippen LogP contribution in [0.1, 0.15) is 35.6 Å². The molecule has 0 aliphatic heterocycles. The molecule has 24 heavy (non-hydrogen) atoms. The molecule has 122 valence electrons. The summed E-state index contributed by atoms with van der Waals surface area (Å²) in [6.07, 6.45) is 2.52. The van der Waals surface area contributed by atoms with Gasteiger partial charge in [-0.25, -0.2) is 4.99 Å². The third-order valence-electron chi connectivity index (χ3n) is 4.72. The molecule has 0 atom stereocenters. The summed E-state index contributed by atoms with van der Waals surface area (Å²) < 4.78 is 2.44. The third kappa shape index (κ3) is 2.96. The summed E-state index contributed by atoms with van der Waals surface area (Å²) in [7, 11) is 0. The Labute approximate surface area is 147 Å². The fourth-order valence-electron chi connectivity index (χ4n) is 2.93. The van der Waals surface area contributed by atoms with Gasteiger partial charge in [0.15, 0.2) is 4.80 Å². The van der Waals surface area contributed by atoms with Gasteiger partial charge in [0.2, 0.25) is 0 Å². The third-order valence-corrected chi connectivity index (χ3v) is 5.56. The molecule has 0 bridgehead atoms. The van der Waals surface area contributed by atoms with Crippen LogP contribution in [0.4, 0.5) is 5.69 Å². The zero-order valence-corrected chi connectivity index (χ0v) is 15.2. The number of nitrogens with zero attached hydrogens (tertiary/aromatic N) is 2. The molecule has 1 heterocycles. The molecule has 3 heteroatoms. The van der Waals surface area contributed by atoms with E-state index in [1.54, 1.807) is 11.3 Å². The molecule has 1 aliphatic rings. The fraction of sp³-hybridized carbons (Fsp3) is 0.286. The van der Waals surface area contributed by atoms with E-state index in [0.717, 1.165) is 10.5 Å². The van der Waals surface area contributed by atoms with E-state index in [-0.39, 0.29) is 0 Å². The van der Waals surface area contributed by atoms with E-state index in [9.17, 15) is 0 Å². The molecule has 3 aromatic rings. The molecule has 0 saturated heterocycles. The Morgan fingerprint density at radius 2 is 1.71 bits per heavy atom. The van der Waals surface area contributed by atoms with Crippen molar-refractivity contribution in [2.45, 2.75) is 39.7 Å². The maximum atomic E-state index is 4.95. The van der Waals surface area contributed by atoms with Gasteiger partial charge in [-0.05, 0) is 62.4 Å². The van der Waals surface area contributed by atoms with Crippen LogP contribution in [0, 0.1) is 20.8 Å². The minimum Gasteiger partial charge on any atom is -0.313 e. The first-order valence-corrected chi connectivity index (χ1v) is 9.39. The highest BCUT2D eigenvalue weighted by atomic mass is 32.1. The predicted molar refractivity (Wildman–Crippen MR) is 102 cm³/mol. The molecule has 1 saturated carbocycles. The van der Waals surface area contributed by atoms with Crippen LogP contribution in [0.15, 0.2) is 52.8 Å². The lowest BCUT2D eigenvalue weighted by molar-refractivity contribution is 0.725. The molecule has 1 aromatic heterocycles. The molecule has 1 aliphatic carbocycles.